The molecular formula is C10H19ClN4. The van der Waals surface area contributed by atoms with Crippen molar-refractivity contribution in [3.8, 4) is 0 Å². The van der Waals surface area contributed by atoms with Gasteiger partial charge < -0.3 is 5.73 Å². The lowest BCUT2D eigenvalue weighted by Crippen LogP contribution is -2.18. The van der Waals surface area contributed by atoms with E-state index < -0.39 is 0 Å². The van der Waals surface area contributed by atoms with Crippen LogP contribution in [0.25, 0.3) is 0 Å². The van der Waals surface area contributed by atoms with E-state index in [0.29, 0.717) is 6.54 Å². The predicted octanol–water partition coefficient (Wildman–Crippen LogP) is 1.74. The fourth-order valence-corrected chi connectivity index (χ4v) is 2.21. The van der Waals surface area contributed by atoms with Gasteiger partial charge in [0.2, 0.25) is 0 Å². The molecule has 2 rings (SSSR count). The fourth-order valence-electron chi connectivity index (χ4n) is 2.21. The van der Waals surface area contributed by atoms with Gasteiger partial charge in [-0.1, -0.05) is 19.3 Å². The molecule has 1 aliphatic carbocycles. The minimum atomic E-state index is 0. The Balaban J connectivity index is 0.00000112. The number of hydrogen-bond acceptors (Lipinski definition) is 3. The molecule has 0 aliphatic heterocycles. The summed E-state index contributed by atoms with van der Waals surface area (Å²) >= 11 is 0. The maximum atomic E-state index is 5.58. The molecule has 0 bridgehead atoms. The lowest BCUT2D eigenvalue weighted by atomic mass is 9.89. The third-order valence-electron chi connectivity index (χ3n) is 3.03. The second-order valence-corrected chi connectivity index (χ2v) is 4.07. The van der Waals surface area contributed by atoms with Crippen molar-refractivity contribution in [2.45, 2.75) is 45.2 Å². The van der Waals surface area contributed by atoms with Crippen molar-refractivity contribution >= 4 is 12.4 Å². The summed E-state index contributed by atoms with van der Waals surface area (Å²) in [6.45, 7) is 1.50. The number of hydrogen-bond donors (Lipinski definition) is 1. The smallest absolute Gasteiger partial charge is 0.140 e. The van der Waals surface area contributed by atoms with Crippen molar-refractivity contribution in [2.24, 2.45) is 11.7 Å². The van der Waals surface area contributed by atoms with Crippen LogP contribution >= 0.6 is 12.4 Å². The Bertz CT molecular complexity index is 281. The van der Waals surface area contributed by atoms with Gasteiger partial charge in [0, 0.05) is 6.54 Å². The average molecular weight is 231 g/mol. The number of rotatable bonds is 3. The van der Waals surface area contributed by atoms with Gasteiger partial charge in [-0.25, -0.2) is 9.67 Å². The van der Waals surface area contributed by atoms with Gasteiger partial charge in [0.15, 0.2) is 0 Å². The lowest BCUT2D eigenvalue weighted by molar-refractivity contribution is 0.304. The molecule has 0 aromatic carbocycles. The maximum absolute atomic E-state index is 5.58. The maximum Gasteiger partial charge on any atom is 0.140 e. The van der Waals surface area contributed by atoms with Crippen LogP contribution in [0, 0.1) is 5.92 Å². The molecule has 15 heavy (non-hydrogen) atoms. The number of nitrogens with two attached hydrogens (primary N) is 1. The molecule has 1 saturated carbocycles. The standard InChI is InChI=1S/C10H18N4.ClH/c11-6-10-12-8-13-14(10)7-9-4-2-1-3-5-9;/h8-9H,1-7,11H2;1H. The van der Waals surface area contributed by atoms with Crippen molar-refractivity contribution in [3.05, 3.63) is 12.2 Å². The zero-order chi connectivity index (χ0) is 9.80. The first-order valence-corrected chi connectivity index (χ1v) is 5.47. The number of aromatic nitrogens is 3. The van der Waals surface area contributed by atoms with Crippen molar-refractivity contribution in [1.29, 1.82) is 0 Å². The highest BCUT2D eigenvalue weighted by Gasteiger charge is 2.15. The second-order valence-electron chi connectivity index (χ2n) is 4.07. The van der Waals surface area contributed by atoms with E-state index >= 15 is 0 Å². The normalized spacial score (nSPS) is 17.4. The Morgan fingerprint density at radius 1 is 1.33 bits per heavy atom. The van der Waals surface area contributed by atoms with E-state index in [2.05, 4.69) is 10.1 Å². The minimum Gasteiger partial charge on any atom is -0.324 e. The van der Waals surface area contributed by atoms with E-state index in [1.54, 1.807) is 6.33 Å². The van der Waals surface area contributed by atoms with Crippen molar-refractivity contribution in [1.82, 2.24) is 14.8 Å². The highest BCUT2D eigenvalue weighted by Crippen LogP contribution is 2.24. The molecule has 1 aromatic rings. The molecule has 5 heteroatoms. The molecule has 0 unspecified atom stereocenters. The molecule has 1 fully saturated rings. The molecule has 0 spiro atoms. The largest absolute Gasteiger partial charge is 0.324 e. The van der Waals surface area contributed by atoms with Crippen LogP contribution in [0.4, 0.5) is 0 Å². The van der Waals surface area contributed by atoms with Gasteiger partial charge in [0.05, 0.1) is 6.54 Å². The summed E-state index contributed by atoms with van der Waals surface area (Å²) in [4.78, 5) is 4.13. The van der Waals surface area contributed by atoms with Crippen molar-refractivity contribution < 1.29 is 0 Å². The molecule has 0 amide bonds. The molecule has 2 N–H and O–H groups in total. The summed E-state index contributed by atoms with van der Waals surface area (Å²) in [6, 6.07) is 0. The van der Waals surface area contributed by atoms with Gasteiger partial charge in [0.25, 0.3) is 0 Å². The molecule has 4 nitrogen and oxygen atoms in total. The second kappa shape index (κ2) is 6.08. The molecule has 1 heterocycles. The summed E-state index contributed by atoms with van der Waals surface area (Å²) in [7, 11) is 0. The highest BCUT2D eigenvalue weighted by molar-refractivity contribution is 5.85. The molecule has 1 aliphatic rings. The van der Waals surface area contributed by atoms with Crippen LogP contribution in [0.2, 0.25) is 0 Å². The first kappa shape index (κ1) is 12.5. The van der Waals surface area contributed by atoms with Crippen LogP contribution in [0.5, 0.6) is 0 Å². The Hall–Kier alpha value is -0.610. The van der Waals surface area contributed by atoms with Crippen molar-refractivity contribution in [3.63, 3.8) is 0 Å². The lowest BCUT2D eigenvalue weighted by Gasteiger charge is -2.21. The molecule has 86 valence electrons. The third kappa shape index (κ3) is 3.18. The summed E-state index contributed by atoms with van der Waals surface area (Å²) in [5.41, 5.74) is 5.58. The molecular weight excluding hydrogens is 212 g/mol. The number of nitrogens with zero attached hydrogens (tertiary/aromatic N) is 3. The van der Waals surface area contributed by atoms with Crippen LogP contribution in [0.3, 0.4) is 0 Å². The van der Waals surface area contributed by atoms with Gasteiger partial charge in [-0.15, -0.1) is 12.4 Å². The van der Waals surface area contributed by atoms with Gasteiger partial charge in [-0.3, -0.25) is 0 Å². The quantitative estimate of drug-likeness (QED) is 0.861. The summed E-state index contributed by atoms with van der Waals surface area (Å²) in [5.74, 6) is 1.70. The summed E-state index contributed by atoms with van der Waals surface area (Å²) < 4.78 is 1.97. The van der Waals surface area contributed by atoms with E-state index in [4.69, 9.17) is 5.73 Å². The minimum absolute atomic E-state index is 0. The molecule has 0 atom stereocenters. The Morgan fingerprint density at radius 3 is 2.73 bits per heavy atom. The van der Waals surface area contributed by atoms with E-state index in [-0.39, 0.29) is 12.4 Å². The monoisotopic (exact) mass is 230 g/mol. The van der Waals surface area contributed by atoms with E-state index in [1.807, 2.05) is 4.68 Å². The average Bonchev–Trinajstić information content (AvgIpc) is 2.67. The van der Waals surface area contributed by atoms with Crippen LogP contribution in [-0.2, 0) is 13.1 Å². The van der Waals surface area contributed by atoms with Crippen LogP contribution in [-0.4, -0.2) is 14.8 Å². The molecule has 1 aromatic heterocycles. The summed E-state index contributed by atoms with van der Waals surface area (Å²) in [6.07, 6.45) is 8.42. The number of halogens is 1. The van der Waals surface area contributed by atoms with Crippen molar-refractivity contribution in [2.75, 3.05) is 0 Å². The zero-order valence-corrected chi connectivity index (χ0v) is 9.75. The SMILES string of the molecule is Cl.NCc1ncnn1CC1CCCCC1. The van der Waals surface area contributed by atoms with Gasteiger partial charge in [-0.2, -0.15) is 5.10 Å². The highest BCUT2D eigenvalue weighted by atomic mass is 35.5. The predicted molar refractivity (Wildman–Crippen MR) is 61.7 cm³/mol. The fraction of sp³-hybridized carbons (Fsp3) is 0.800. The molecule has 0 saturated heterocycles. The first-order valence-electron chi connectivity index (χ1n) is 5.47. The van der Waals surface area contributed by atoms with Crippen LogP contribution < -0.4 is 5.73 Å². The van der Waals surface area contributed by atoms with Gasteiger partial charge >= 0.3 is 0 Å². The Labute approximate surface area is 96.7 Å². The first-order chi connectivity index (χ1) is 6.90. The Morgan fingerprint density at radius 2 is 2.07 bits per heavy atom. The summed E-state index contributed by atoms with van der Waals surface area (Å²) in [5, 5.41) is 4.21. The van der Waals surface area contributed by atoms with E-state index in [1.165, 1.54) is 32.1 Å². The Kier molecular flexibility index (Phi) is 5.05. The van der Waals surface area contributed by atoms with Gasteiger partial charge in [-0.05, 0) is 18.8 Å². The zero-order valence-electron chi connectivity index (χ0n) is 8.93. The topological polar surface area (TPSA) is 56.7 Å². The van der Waals surface area contributed by atoms with Crippen LogP contribution in [0.15, 0.2) is 6.33 Å². The van der Waals surface area contributed by atoms with Crippen LogP contribution in [0.1, 0.15) is 37.9 Å². The molecule has 0 radical (unpaired) electrons. The van der Waals surface area contributed by atoms with E-state index in [0.717, 1.165) is 18.3 Å². The van der Waals surface area contributed by atoms with E-state index in [9.17, 15) is 0 Å². The third-order valence-corrected chi connectivity index (χ3v) is 3.03. The van der Waals surface area contributed by atoms with Gasteiger partial charge in [0.1, 0.15) is 12.2 Å².